The summed E-state index contributed by atoms with van der Waals surface area (Å²) in [5.41, 5.74) is 0.688. The lowest BCUT2D eigenvalue weighted by atomic mass is 9.73. The molecule has 5 heteroatoms. The molecule has 0 radical (unpaired) electrons. The zero-order chi connectivity index (χ0) is 14.3. The van der Waals surface area contributed by atoms with Gasteiger partial charge in [0, 0.05) is 19.8 Å². The predicted octanol–water partition coefficient (Wildman–Crippen LogP) is 1.88. The molecule has 1 aromatic rings. The summed E-state index contributed by atoms with van der Waals surface area (Å²) in [5.74, 6) is 0.142. The van der Waals surface area contributed by atoms with Crippen LogP contribution in [0.5, 0.6) is 0 Å². The van der Waals surface area contributed by atoms with Gasteiger partial charge in [0.25, 0.3) is 0 Å². The van der Waals surface area contributed by atoms with Crippen LogP contribution >= 0.6 is 12.4 Å². The third-order valence-electron chi connectivity index (χ3n) is 4.00. The molecule has 0 spiro atoms. The van der Waals surface area contributed by atoms with Gasteiger partial charge in [0.15, 0.2) is 0 Å². The molecule has 4 nitrogen and oxygen atoms in total. The van der Waals surface area contributed by atoms with Gasteiger partial charge >= 0.3 is 0 Å². The van der Waals surface area contributed by atoms with Crippen LogP contribution in [0.2, 0.25) is 0 Å². The Bertz CT molecular complexity index is 420. The Morgan fingerprint density at radius 1 is 1.19 bits per heavy atom. The van der Waals surface area contributed by atoms with E-state index in [-0.39, 0.29) is 18.3 Å². The van der Waals surface area contributed by atoms with Crippen LogP contribution in [0.1, 0.15) is 24.8 Å². The highest BCUT2D eigenvalue weighted by Gasteiger charge is 2.41. The second-order valence-corrected chi connectivity index (χ2v) is 5.27. The number of carbonyl (C=O) groups is 1. The smallest absolute Gasteiger partial charge is 0.230 e. The van der Waals surface area contributed by atoms with Gasteiger partial charge in [-0.2, -0.15) is 0 Å². The standard InChI is InChI=1S/C16H24N2O2.ClH/c1-17-10-5-11-18-15(19)16(8-12-20-13-9-16)14-6-3-2-4-7-14;/h2-4,6-7,17H,5,8-13H2,1H3,(H,18,19);1H. The monoisotopic (exact) mass is 312 g/mol. The summed E-state index contributed by atoms with van der Waals surface area (Å²) in [7, 11) is 1.92. The van der Waals surface area contributed by atoms with Gasteiger partial charge in [-0.3, -0.25) is 4.79 Å². The molecule has 21 heavy (non-hydrogen) atoms. The van der Waals surface area contributed by atoms with Gasteiger partial charge in [-0.05, 0) is 38.4 Å². The zero-order valence-corrected chi connectivity index (χ0v) is 13.4. The zero-order valence-electron chi connectivity index (χ0n) is 12.6. The Kier molecular flexibility index (Phi) is 7.72. The minimum Gasteiger partial charge on any atom is -0.381 e. The molecule has 1 heterocycles. The van der Waals surface area contributed by atoms with Gasteiger partial charge in [0.2, 0.25) is 5.91 Å². The second-order valence-electron chi connectivity index (χ2n) is 5.27. The third kappa shape index (κ3) is 4.43. The number of hydrogen-bond acceptors (Lipinski definition) is 3. The SMILES string of the molecule is CNCCCNC(=O)C1(c2ccccc2)CCOCC1.Cl. The largest absolute Gasteiger partial charge is 0.381 e. The summed E-state index contributed by atoms with van der Waals surface area (Å²) in [6.07, 6.45) is 2.47. The summed E-state index contributed by atoms with van der Waals surface area (Å²) >= 11 is 0. The number of benzene rings is 1. The van der Waals surface area contributed by atoms with Crippen LogP contribution in [0.15, 0.2) is 30.3 Å². The molecule has 0 saturated carbocycles. The lowest BCUT2D eigenvalue weighted by Crippen LogP contribution is -2.48. The van der Waals surface area contributed by atoms with E-state index in [9.17, 15) is 4.79 Å². The van der Waals surface area contributed by atoms with E-state index in [2.05, 4.69) is 22.8 Å². The molecule has 2 N–H and O–H groups in total. The summed E-state index contributed by atoms with van der Waals surface area (Å²) in [4.78, 5) is 12.7. The first-order chi connectivity index (χ1) is 9.79. The third-order valence-corrected chi connectivity index (χ3v) is 4.00. The van der Waals surface area contributed by atoms with E-state index >= 15 is 0 Å². The molecule has 1 saturated heterocycles. The van der Waals surface area contributed by atoms with Crippen molar-refractivity contribution >= 4 is 18.3 Å². The number of ether oxygens (including phenoxy) is 1. The van der Waals surface area contributed by atoms with Crippen molar-refractivity contribution in [2.75, 3.05) is 33.4 Å². The summed E-state index contributed by atoms with van der Waals surface area (Å²) in [6, 6.07) is 10.1. The van der Waals surface area contributed by atoms with Crippen molar-refractivity contribution in [3.63, 3.8) is 0 Å². The molecule has 0 bridgehead atoms. The van der Waals surface area contributed by atoms with Crippen LogP contribution in [-0.4, -0.2) is 39.3 Å². The minimum atomic E-state index is -0.418. The van der Waals surface area contributed by atoms with E-state index in [4.69, 9.17) is 4.74 Å². The number of hydrogen-bond donors (Lipinski definition) is 2. The molecule has 1 amide bonds. The molecular formula is C16H25ClN2O2. The summed E-state index contributed by atoms with van der Waals surface area (Å²) < 4.78 is 5.45. The van der Waals surface area contributed by atoms with Crippen LogP contribution in [0.3, 0.4) is 0 Å². The quantitative estimate of drug-likeness (QED) is 0.789. The Balaban J connectivity index is 0.00000220. The van der Waals surface area contributed by atoms with Crippen molar-refractivity contribution in [2.24, 2.45) is 0 Å². The number of amides is 1. The molecule has 0 atom stereocenters. The molecule has 1 aliphatic rings. The van der Waals surface area contributed by atoms with Gasteiger partial charge in [-0.25, -0.2) is 0 Å². The van der Waals surface area contributed by atoms with E-state index in [0.29, 0.717) is 13.2 Å². The highest BCUT2D eigenvalue weighted by molar-refractivity contribution is 5.88. The lowest BCUT2D eigenvalue weighted by Gasteiger charge is -2.36. The summed E-state index contributed by atoms with van der Waals surface area (Å²) in [6.45, 7) is 2.94. The fourth-order valence-electron chi connectivity index (χ4n) is 2.76. The van der Waals surface area contributed by atoms with Crippen molar-refractivity contribution in [2.45, 2.75) is 24.7 Å². The van der Waals surface area contributed by atoms with Gasteiger partial charge in [-0.1, -0.05) is 30.3 Å². The van der Waals surface area contributed by atoms with Crippen LogP contribution in [0.25, 0.3) is 0 Å². The van der Waals surface area contributed by atoms with Crippen molar-refractivity contribution in [1.82, 2.24) is 10.6 Å². The van der Waals surface area contributed by atoms with Gasteiger partial charge < -0.3 is 15.4 Å². The van der Waals surface area contributed by atoms with Gasteiger partial charge in [0.05, 0.1) is 5.41 Å². The Labute approximate surface area is 133 Å². The normalized spacial score (nSPS) is 16.8. The number of halogens is 1. The van der Waals surface area contributed by atoms with Crippen LogP contribution in [0, 0.1) is 0 Å². The van der Waals surface area contributed by atoms with E-state index in [0.717, 1.165) is 37.9 Å². The number of carbonyl (C=O) groups excluding carboxylic acids is 1. The van der Waals surface area contributed by atoms with E-state index < -0.39 is 5.41 Å². The second kappa shape index (κ2) is 9.03. The lowest BCUT2D eigenvalue weighted by molar-refractivity contribution is -0.130. The van der Waals surface area contributed by atoms with Crippen LogP contribution in [0.4, 0.5) is 0 Å². The fraction of sp³-hybridized carbons (Fsp3) is 0.562. The molecule has 2 rings (SSSR count). The van der Waals surface area contributed by atoms with Crippen molar-refractivity contribution < 1.29 is 9.53 Å². The molecule has 1 aromatic carbocycles. The maximum Gasteiger partial charge on any atom is 0.230 e. The molecule has 0 aliphatic carbocycles. The summed E-state index contributed by atoms with van der Waals surface area (Å²) in [5, 5.41) is 6.18. The van der Waals surface area contributed by atoms with Gasteiger partial charge in [0.1, 0.15) is 0 Å². The topological polar surface area (TPSA) is 50.4 Å². The molecule has 1 aliphatic heterocycles. The first-order valence-electron chi connectivity index (χ1n) is 7.36. The van der Waals surface area contributed by atoms with Crippen LogP contribution in [-0.2, 0) is 14.9 Å². The first kappa shape index (κ1) is 18.0. The Morgan fingerprint density at radius 3 is 2.48 bits per heavy atom. The molecule has 0 unspecified atom stereocenters. The predicted molar refractivity (Wildman–Crippen MR) is 87.0 cm³/mol. The van der Waals surface area contributed by atoms with E-state index in [1.165, 1.54) is 0 Å². The molecular weight excluding hydrogens is 288 g/mol. The highest BCUT2D eigenvalue weighted by atomic mass is 35.5. The molecule has 0 aromatic heterocycles. The average molecular weight is 313 g/mol. The highest BCUT2D eigenvalue weighted by Crippen LogP contribution is 2.35. The Morgan fingerprint density at radius 2 is 1.86 bits per heavy atom. The average Bonchev–Trinajstić information content (AvgIpc) is 2.53. The Hall–Kier alpha value is -1.10. The number of rotatable bonds is 6. The maximum absolute atomic E-state index is 12.7. The van der Waals surface area contributed by atoms with E-state index in [1.807, 2.05) is 25.2 Å². The first-order valence-corrected chi connectivity index (χ1v) is 7.36. The molecule has 118 valence electrons. The molecule has 1 fully saturated rings. The van der Waals surface area contributed by atoms with Crippen molar-refractivity contribution in [3.8, 4) is 0 Å². The minimum absolute atomic E-state index is 0. The van der Waals surface area contributed by atoms with Crippen LogP contribution < -0.4 is 10.6 Å². The van der Waals surface area contributed by atoms with Crippen molar-refractivity contribution in [3.05, 3.63) is 35.9 Å². The van der Waals surface area contributed by atoms with E-state index in [1.54, 1.807) is 0 Å². The van der Waals surface area contributed by atoms with Crippen molar-refractivity contribution in [1.29, 1.82) is 0 Å². The maximum atomic E-state index is 12.7. The number of nitrogens with one attached hydrogen (secondary N) is 2. The fourth-order valence-corrected chi connectivity index (χ4v) is 2.76. The van der Waals surface area contributed by atoms with Gasteiger partial charge in [-0.15, -0.1) is 12.4 Å².